The second kappa shape index (κ2) is 26.4. The van der Waals surface area contributed by atoms with Crippen LogP contribution >= 0.6 is 23.2 Å². The monoisotopic (exact) mass is 1030 g/mol. The Bertz CT molecular complexity index is 2120. The third-order valence-corrected chi connectivity index (χ3v) is 16.5. The molecule has 4 atom stereocenters. The van der Waals surface area contributed by atoms with Crippen LogP contribution in [0.2, 0.25) is 10.0 Å². The number of halogens is 2. The van der Waals surface area contributed by atoms with Crippen molar-refractivity contribution in [2.24, 2.45) is 34.1 Å². The maximum Gasteiger partial charge on any atom is 0.306 e. The highest BCUT2D eigenvalue weighted by Crippen LogP contribution is 2.48. The quantitative estimate of drug-likeness (QED) is 0.0679. The van der Waals surface area contributed by atoms with Crippen molar-refractivity contribution in [3.05, 3.63) is 95.0 Å². The summed E-state index contributed by atoms with van der Waals surface area (Å²) in [5, 5.41) is 14.8. The molecule has 2 saturated heterocycles. The molecule has 4 fully saturated rings. The van der Waals surface area contributed by atoms with Crippen molar-refractivity contribution < 1.29 is 23.9 Å². The van der Waals surface area contributed by atoms with E-state index >= 15 is 0 Å². The Labute approximate surface area is 436 Å². The van der Waals surface area contributed by atoms with Crippen molar-refractivity contribution in [3.8, 4) is 0 Å². The molecule has 4 amide bonds. The summed E-state index contributed by atoms with van der Waals surface area (Å²) < 4.78 is 4.05. The molecule has 0 bridgehead atoms. The molecular weight excluding hydrogens is 952 g/mol. The van der Waals surface area contributed by atoms with Gasteiger partial charge in [0.05, 0.1) is 0 Å². The van der Waals surface area contributed by atoms with Gasteiger partial charge in [0.25, 0.3) is 0 Å². The van der Waals surface area contributed by atoms with Crippen molar-refractivity contribution >= 4 is 46.8 Å². The summed E-state index contributed by atoms with van der Waals surface area (Å²) in [7, 11) is 0. The van der Waals surface area contributed by atoms with Crippen molar-refractivity contribution in [2.45, 2.75) is 167 Å². The van der Waals surface area contributed by atoms with E-state index in [1.807, 2.05) is 69.3 Å². The first-order valence-electron chi connectivity index (χ1n) is 26.6. The Morgan fingerprint density at radius 1 is 0.681 bits per heavy atom. The molecule has 16 nitrogen and oxygen atoms in total. The number of likely N-dealkylation sites (tertiary alicyclic amines) is 2. The van der Waals surface area contributed by atoms with Crippen LogP contribution in [0.3, 0.4) is 0 Å². The van der Waals surface area contributed by atoms with E-state index in [0.717, 1.165) is 49.9 Å². The Kier molecular flexibility index (Phi) is 20.1. The van der Waals surface area contributed by atoms with E-state index in [1.165, 1.54) is 64.2 Å². The number of aromatic nitrogens is 6. The standard InChI is InChI=1S/2C27H39ClN6O2/c2*1-20(29)15-25(35)32-24(16-21-7-9-23(28)10-8-21)26(36)33-13-11-27(12-14-33,17-34-19-30-18-31-34)22-5-3-2-4-6-22/h2*7-10,18-20,22,24H,2-6,11-17,29H2,1H3,(H,32,35)/p+1/t20-,24+;20-,24-/m01/s1. The third kappa shape index (κ3) is 15.6. The van der Waals surface area contributed by atoms with Gasteiger partial charge in [0.15, 0.2) is 0 Å². The van der Waals surface area contributed by atoms with Crippen LogP contribution in [0.5, 0.6) is 0 Å². The number of aromatic amines is 1. The summed E-state index contributed by atoms with van der Waals surface area (Å²) in [5.41, 5.74) is 13.9. The first-order valence-corrected chi connectivity index (χ1v) is 27.3. The topological polar surface area (TPSA) is 214 Å². The van der Waals surface area contributed by atoms with Crippen LogP contribution in [0, 0.1) is 22.7 Å². The smallest absolute Gasteiger partial charge is 0.306 e. The number of benzene rings is 2. The van der Waals surface area contributed by atoms with Gasteiger partial charge in [-0.3, -0.25) is 23.9 Å². The molecule has 8 rings (SSSR count). The Morgan fingerprint density at radius 2 is 1.12 bits per heavy atom. The second-order valence-corrected chi connectivity index (χ2v) is 22.4. The number of nitrogens with zero attached hydrogens (tertiary/aromatic N) is 7. The van der Waals surface area contributed by atoms with Gasteiger partial charge in [0, 0.05) is 86.0 Å². The summed E-state index contributed by atoms with van der Waals surface area (Å²) in [6.07, 6.45) is 24.8. The summed E-state index contributed by atoms with van der Waals surface area (Å²) in [4.78, 5) is 64.9. The molecular formula is C54H79Cl2N12O4+. The van der Waals surface area contributed by atoms with Gasteiger partial charge in [0.2, 0.25) is 30.0 Å². The van der Waals surface area contributed by atoms with E-state index in [2.05, 4.69) is 35.5 Å². The predicted octanol–water partition coefficient (Wildman–Crippen LogP) is 6.59. The van der Waals surface area contributed by atoms with Gasteiger partial charge in [-0.15, -0.1) is 0 Å². The molecule has 4 aliphatic rings. The number of amides is 4. The number of hydrogen-bond donors (Lipinski definition) is 5. The highest BCUT2D eigenvalue weighted by atomic mass is 35.5. The van der Waals surface area contributed by atoms with E-state index in [-0.39, 0.29) is 59.4 Å². The van der Waals surface area contributed by atoms with E-state index in [0.29, 0.717) is 60.9 Å². The molecule has 392 valence electrons. The number of hydrogen-bond acceptors (Lipinski definition) is 9. The largest absolute Gasteiger partial charge is 0.344 e. The molecule has 2 aliphatic heterocycles. The summed E-state index contributed by atoms with van der Waals surface area (Å²) in [6, 6.07) is 13.1. The summed E-state index contributed by atoms with van der Waals surface area (Å²) in [6.45, 7) is 8.10. The van der Waals surface area contributed by atoms with Gasteiger partial charge in [-0.25, -0.2) is 4.98 Å². The molecule has 72 heavy (non-hydrogen) atoms. The third-order valence-electron chi connectivity index (χ3n) is 16.0. The van der Waals surface area contributed by atoms with Crippen molar-refractivity contribution in [1.29, 1.82) is 0 Å². The molecule has 0 spiro atoms. The Hall–Kier alpha value is -4.90. The van der Waals surface area contributed by atoms with Crippen LogP contribution in [-0.4, -0.2) is 109 Å². The van der Waals surface area contributed by atoms with Crippen molar-refractivity contribution in [3.63, 3.8) is 0 Å². The lowest BCUT2D eigenvalue weighted by atomic mass is 9.63. The molecule has 2 saturated carbocycles. The van der Waals surface area contributed by atoms with Crippen LogP contribution in [-0.2, 0) is 45.1 Å². The lowest BCUT2D eigenvalue weighted by Gasteiger charge is -2.48. The zero-order chi connectivity index (χ0) is 51.1. The van der Waals surface area contributed by atoms with Crippen molar-refractivity contribution in [2.75, 3.05) is 26.2 Å². The van der Waals surface area contributed by atoms with Gasteiger partial charge >= 0.3 is 6.33 Å². The van der Waals surface area contributed by atoms with Crippen LogP contribution < -0.4 is 26.8 Å². The van der Waals surface area contributed by atoms with Gasteiger partial charge in [0.1, 0.15) is 31.3 Å². The van der Waals surface area contributed by atoms with Crippen molar-refractivity contribution in [1.82, 2.24) is 45.3 Å². The van der Waals surface area contributed by atoms with E-state index in [4.69, 9.17) is 34.7 Å². The number of H-pyrrole nitrogens is 1. The van der Waals surface area contributed by atoms with Gasteiger partial charge < -0.3 is 31.9 Å². The lowest BCUT2D eigenvalue weighted by molar-refractivity contribution is -0.764. The number of nitrogens with one attached hydrogen (secondary N) is 3. The molecule has 2 aromatic carbocycles. The average molecular weight is 1030 g/mol. The molecule has 7 N–H and O–H groups in total. The normalized spacial score (nSPS) is 20.0. The van der Waals surface area contributed by atoms with Crippen LogP contribution in [0.1, 0.15) is 128 Å². The highest BCUT2D eigenvalue weighted by Gasteiger charge is 2.46. The number of nitrogens with two attached hydrogens (primary N) is 2. The Morgan fingerprint density at radius 3 is 1.53 bits per heavy atom. The number of carbonyl (C=O) groups excluding carboxylic acids is 4. The van der Waals surface area contributed by atoms with Gasteiger partial charge in [-0.2, -0.15) is 14.9 Å². The number of rotatable bonds is 18. The molecule has 18 heteroatoms. The van der Waals surface area contributed by atoms with Crippen LogP contribution in [0.25, 0.3) is 0 Å². The minimum Gasteiger partial charge on any atom is -0.344 e. The number of carbonyl (C=O) groups is 4. The van der Waals surface area contributed by atoms with E-state index < -0.39 is 12.1 Å². The van der Waals surface area contributed by atoms with E-state index in [1.54, 1.807) is 32.8 Å². The van der Waals surface area contributed by atoms with E-state index in [9.17, 15) is 19.2 Å². The van der Waals surface area contributed by atoms with Gasteiger partial charge in [-0.05, 0) is 123 Å². The fourth-order valence-corrected chi connectivity index (χ4v) is 12.4. The summed E-state index contributed by atoms with van der Waals surface area (Å²) in [5.74, 6) is 0.868. The highest BCUT2D eigenvalue weighted by molar-refractivity contribution is 6.30. The first-order chi connectivity index (χ1) is 34.7. The Balaban J connectivity index is 0.000000211. The predicted molar refractivity (Wildman–Crippen MR) is 279 cm³/mol. The summed E-state index contributed by atoms with van der Waals surface area (Å²) >= 11 is 12.1. The fraction of sp³-hybridized carbons (Fsp3) is 0.630. The zero-order valence-corrected chi connectivity index (χ0v) is 44.0. The van der Waals surface area contributed by atoms with Crippen LogP contribution in [0.15, 0.2) is 73.8 Å². The second-order valence-electron chi connectivity index (χ2n) is 21.6. The minimum absolute atomic E-state index is 0.0191. The fourth-order valence-electron chi connectivity index (χ4n) is 12.1. The molecule has 0 radical (unpaired) electrons. The lowest BCUT2D eigenvalue weighted by Crippen LogP contribution is -2.57. The molecule has 0 unspecified atom stereocenters. The van der Waals surface area contributed by atoms with Gasteiger partial charge in [-0.1, -0.05) is 86.0 Å². The zero-order valence-electron chi connectivity index (χ0n) is 42.5. The van der Waals surface area contributed by atoms with Crippen LogP contribution in [0.4, 0.5) is 0 Å². The molecule has 2 aromatic heterocycles. The molecule has 4 heterocycles. The minimum atomic E-state index is -0.630. The maximum absolute atomic E-state index is 13.7. The first kappa shape index (κ1) is 54.9. The maximum atomic E-state index is 13.7. The molecule has 4 aromatic rings. The molecule has 2 aliphatic carbocycles. The number of piperidine rings is 2. The average Bonchev–Trinajstić information content (AvgIpc) is 4.10. The SMILES string of the molecule is C[C@@H](N)CC(=O)N[C@H](Cc1ccc(Cl)cc1)C(=O)N1CCC(Cn2cncn2)(C2CCCCC2)CC1.C[C@H](N)CC(=O)N[C@H](Cc1ccc(Cl)cc1)C(=O)N1CCC(C[n+]2cnc[nH]2)(C2CCCCC2)CC1.